The summed E-state index contributed by atoms with van der Waals surface area (Å²) in [4.78, 5) is 18.4. The SMILES string of the molecule is Nc1cc(NC(=O)c2ccccc2)nc(=S)[nH]1. The summed E-state index contributed by atoms with van der Waals surface area (Å²) in [5.41, 5.74) is 6.11. The molecule has 5 nitrogen and oxygen atoms in total. The van der Waals surface area contributed by atoms with Gasteiger partial charge in [-0.05, 0) is 24.4 Å². The number of carbonyl (C=O) groups is 1. The van der Waals surface area contributed by atoms with E-state index in [4.69, 9.17) is 18.0 Å². The molecule has 2 aromatic rings. The van der Waals surface area contributed by atoms with Crippen molar-refractivity contribution >= 4 is 29.8 Å². The van der Waals surface area contributed by atoms with Crippen molar-refractivity contribution in [3.05, 3.63) is 46.7 Å². The molecule has 0 aliphatic heterocycles. The van der Waals surface area contributed by atoms with E-state index >= 15 is 0 Å². The van der Waals surface area contributed by atoms with Crippen LogP contribution in [-0.4, -0.2) is 15.9 Å². The molecule has 0 saturated heterocycles. The molecule has 17 heavy (non-hydrogen) atoms. The van der Waals surface area contributed by atoms with Crippen molar-refractivity contribution in [3.63, 3.8) is 0 Å². The number of anilines is 2. The van der Waals surface area contributed by atoms with Crippen molar-refractivity contribution in [1.82, 2.24) is 9.97 Å². The Labute approximate surface area is 103 Å². The zero-order valence-corrected chi connectivity index (χ0v) is 9.62. The molecule has 1 heterocycles. The van der Waals surface area contributed by atoms with E-state index in [1.54, 1.807) is 24.3 Å². The second-order valence-electron chi connectivity index (χ2n) is 3.35. The average Bonchev–Trinajstić information content (AvgIpc) is 2.28. The van der Waals surface area contributed by atoms with Gasteiger partial charge in [-0.1, -0.05) is 18.2 Å². The molecule has 1 aromatic heterocycles. The first kappa shape index (κ1) is 11.3. The van der Waals surface area contributed by atoms with Gasteiger partial charge < -0.3 is 16.0 Å². The molecule has 0 aliphatic carbocycles. The highest BCUT2D eigenvalue weighted by Gasteiger charge is 2.06. The van der Waals surface area contributed by atoms with E-state index in [1.807, 2.05) is 6.07 Å². The lowest BCUT2D eigenvalue weighted by Crippen LogP contribution is -2.13. The van der Waals surface area contributed by atoms with Crippen molar-refractivity contribution in [1.29, 1.82) is 0 Å². The van der Waals surface area contributed by atoms with Crippen LogP contribution < -0.4 is 11.1 Å². The number of rotatable bonds is 2. The third-order valence-corrected chi connectivity index (χ3v) is 2.24. The molecule has 0 spiro atoms. The molecule has 0 aliphatic rings. The van der Waals surface area contributed by atoms with Crippen LogP contribution >= 0.6 is 12.2 Å². The number of H-pyrrole nitrogens is 1. The van der Waals surface area contributed by atoms with Gasteiger partial charge in [-0.2, -0.15) is 0 Å². The van der Waals surface area contributed by atoms with Crippen LogP contribution in [0.25, 0.3) is 0 Å². The Morgan fingerprint density at radius 2 is 2.06 bits per heavy atom. The number of nitrogens with two attached hydrogens (primary N) is 1. The molecule has 0 bridgehead atoms. The molecule has 0 fully saturated rings. The average molecular weight is 246 g/mol. The molecular formula is C11H10N4OS. The Morgan fingerprint density at radius 3 is 2.71 bits per heavy atom. The van der Waals surface area contributed by atoms with Crippen LogP contribution in [0, 0.1) is 4.77 Å². The molecule has 1 amide bonds. The minimum Gasteiger partial charge on any atom is -0.385 e. The summed E-state index contributed by atoms with van der Waals surface area (Å²) in [7, 11) is 0. The number of aromatic amines is 1. The predicted octanol–water partition coefficient (Wildman–Crippen LogP) is 1.97. The summed E-state index contributed by atoms with van der Waals surface area (Å²) in [5, 5.41) is 2.62. The highest BCUT2D eigenvalue weighted by atomic mass is 32.1. The molecule has 6 heteroatoms. The van der Waals surface area contributed by atoms with Gasteiger partial charge in [-0.25, -0.2) is 4.98 Å². The molecule has 0 unspecified atom stereocenters. The van der Waals surface area contributed by atoms with Crippen molar-refractivity contribution < 1.29 is 4.79 Å². The van der Waals surface area contributed by atoms with E-state index in [2.05, 4.69) is 15.3 Å². The van der Waals surface area contributed by atoms with Crippen LogP contribution in [-0.2, 0) is 0 Å². The van der Waals surface area contributed by atoms with Gasteiger partial charge in [0.2, 0.25) is 0 Å². The summed E-state index contributed by atoms with van der Waals surface area (Å²) < 4.78 is 0.230. The quantitative estimate of drug-likeness (QED) is 0.707. The predicted molar refractivity (Wildman–Crippen MR) is 68.2 cm³/mol. The zero-order chi connectivity index (χ0) is 12.3. The maximum Gasteiger partial charge on any atom is 0.256 e. The van der Waals surface area contributed by atoms with Crippen LogP contribution in [0.15, 0.2) is 36.4 Å². The van der Waals surface area contributed by atoms with Crippen molar-refractivity contribution in [2.75, 3.05) is 11.1 Å². The second-order valence-corrected chi connectivity index (χ2v) is 3.73. The number of hydrogen-bond acceptors (Lipinski definition) is 4. The minimum absolute atomic E-state index is 0.230. The third kappa shape index (κ3) is 2.88. The fraction of sp³-hybridized carbons (Fsp3) is 0. The molecule has 2 rings (SSSR count). The number of nitrogens with one attached hydrogen (secondary N) is 2. The summed E-state index contributed by atoms with van der Waals surface area (Å²) in [6.07, 6.45) is 0. The third-order valence-electron chi connectivity index (χ3n) is 2.04. The van der Waals surface area contributed by atoms with Crippen LogP contribution in [0.1, 0.15) is 10.4 Å². The molecule has 0 saturated carbocycles. The molecule has 1 aromatic carbocycles. The van der Waals surface area contributed by atoms with E-state index in [1.165, 1.54) is 6.07 Å². The van der Waals surface area contributed by atoms with Gasteiger partial charge in [0.25, 0.3) is 5.91 Å². The number of benzene rings is 1. The lowest BCUT2D eigenvalue weighted by Gasteiger charge is -2.04. The summed E-state index contributed by atoms with van der Waals surface area (Å²) >= 11 is 4.86. The van der Waals surface area contributed by atoms with E-state index in [0.717, 1.165) is 0 Å². The Morgan fingerprint density at radius 1 is 1.35 bits per heavy atom. The van der Waals surface area contributed by atoms with Crippen molar-refractivity contribution in [3.8, 4) is 0 Å². The lowest BCUT2D eigenvalue weighted by atomic mass is 10.2. The standard InChI is InChI=1S/C11H10N4OS/c12-8-6-9(15-11(17)13-8)14-10(16)7-4-2-1-3-5-7/h1-6H,(H4,12,13,14,15,16,17). The molecule has 0 atom stereocenters. The lowest BCUT2D eigenvalue weighted by molar-refractivity contribution is 0.102. The monoisotopic (exact) mass is 246 g/mol. The van der Waals surface area contributed by atoms with Gasteiger partial charge in [0.1, 0.15) is 11.6 Å². The van der Waals surface area contributed by atoms with Crippen LogP contribution in [0.3, 0.4) is 0 Å². The van der Waals surface area contributed by atoms with E-state index < -0.39 is 0 Å². The summed E-state index contributed by atoms with van der Waals surface area (Å²) in [6, 6.07) is 10.3. The highest BCUT2D eigenvalue weighted by Crippen LogP contribution is 2.08. The Balaban J connectivity index is 2.22. The maximum absolute atomic E-state index is 11.8. The van der Waals surface area contributed by atoms with Crippen LogP contribution in [0.2, 0.25) is 0 Å². The minimum atomic E-state index is -0.252. The summed E-state index contributed by atoms with van der Waals surface area (Å²) in [5.74, 6) is 0.437. The Kier molecular flexibility index (Phi) is 3.15. The zero-order valence-electron chi connectivity index (χ0n) is 8.81. The fourth-order valence-corrected chi connectivity index (χ4v) is 1.53. The molecular weight excluding hydrogens is 236 g/mol. The van der Waals surface area contributed by atoms with Crippen LogP contribution in [0.4, 0.5) is 11.6 Å². The first-order valence-electron chi connectivity index (χ1n) is 4.88. The van der Waals surface area contributed by atoms with Crippen molar-refractivity contribution in [2.45, 2.75) is 0 Å². The molecule has 4 N–H and O–H groups in total. The van der Waals surface area contributed by atoms with Gasteiger partial charge in [0, 0.05) is 11.6 Å². The number of aromatic nitrogens is 2. The van der Waals surface area contributed by atoms with Crippen LogP contribution in [0.5, 0.6) is 0 Å². The smallest absolute Gasteiger partial charge is 0.256 e. The first-order chi connectivity index (χ1) is 8.15. The Bertz CT molecular complexity index is 594. The fourth-order valence-electron chi connectivity index (χ4n) is 1.32. The van der Waals surface area contributed by atoms with Crippen molar-refractivity contribution in [2.24, 2.45) is 0 Å². The van der Waals surface area contributed by atoms with Gasteiger partial charge >= 0.3 is 0 Å². The van der Waals surface area contributed by atoms with Gasteiger partial charge in [-0.3, -0.25) is 4.79 Å². The molecule has 0 radical (unpaired) electrons. The second kappa shape index (κ2) is 4.75. The topological polar surface area (TPSA) is 83.8 Å². The van der Waals surface area contributed by atoms with E-state index in [-0.39, 0.29) is 10.7 Å². The Hall–Kier alpha value is -2.21. The van der Waals surface area contributed by atoms with Gasteiger partial charge in [0.15, 0.2) is 4.77 Å². The largest absolute Gasteiger partial charge is 0.385 e. The molecule has 86 valence electrons. The first-order valence-corrected chi connectivity index (χ1v) is 5.29. The van der Waals surface area contributed by atoms with E-state index in [0.29, 0.717) is 17.2 Å². The number of nitrogen functional groups attached to an aromatic ring is 1. The van der Waals surface area contributed by atoms with E-state index in [9.17, 15) is 4.79 Å². The normalized spacial score (nSPS) is 9.88. The van der Waals surface area contributed by atoms with Gasteiger partial charge in [-0.15, -0.1) is 0 Å². The number of nitrogens with zero attached hydrogens (tertiary/aromatic N) is 1. The number of carbonyl (C=O) groups excluding carboxylic acids is 1. The highest BCUT2D eigenvalue weighted by molar-refractivity contribution is 7.71. The number of amides is 1. The maximum atomic E-state index is 11.8. The number of hydrogen-bond donors (Lipinski definition) is 3. The summed E-state index contributed by atoms with van der Waals surface area (Å²) in [6.45, 7) is 0. The van der Waals surface area contributed by atoms with Gasteiger partial charge in [0.05, 0.1) is 0 Å².